The number of nitrogens with zero attached hydrogens (tertiary/aromatic N) is 2. The Morgan fingerprint density at radius 3 is 2.88 bits per heavy atom. The van der Waals surface area contributed by atoms with Gasteiger partial charge >= 0.3 is 0 Å². The molecule has 0 aliphatic carbocycles. The third-order valence-electron chi connectivity index (χ3n) is 5.62. The van der Waals surface area contributed by atoms with Crippen LogP contribution in [0.3, 0.4) is 0 Å². The predicted octanol–water partition coefficient (Wildman–Crippen LogP) is 3.62. The average Bonchev–Trinajstić information content (AvgIpc) is 2.79. The molecule has 1 saturated heterocycles. The van der Waals surface area contributed by atoms with Crippen molar-refractivity contribution in [2.45, 2.75) is 32.2 Å². The number of halogens is 2. The van der Waals surface area contributed by atoms with E-state index in [1.807, 2.05) is 0 Å². The van der Waals surface area contributed by atoms with Gasteiger partial charge in [-0.05, 0) is 50.0 Å². The summed E-state index contributed by atoms with van der Waals surface area (Å²) < 4.78 is 19.0. The van der Waals surface area contributed by atoms with Crippen LogP contribution in [0.5, 0.6) is 5.75 Å². The van der Waals surface area contributed by atoms with E-state index in [2.05, 4.69) is 20.6 Å². The first-order valence-corrected chi connectivity index (χ1v) is 11.0. The van der Waals surface area contributed by atoms with Crippen molar-refractivity contribution in [3.63, 3.8) is 0 Å². The quantitative estimate of drug-likeness (QED) is 0.661. The van der Waals surface area contributed by atoms with Gasteiger partial charge in [0.25, 0.3) is 0 Å². The molecule has 32 heavy (non-hydrogen) atoms. The molecule has 1 aromatic heterocycles. The molecule has 2 aliphatic rings. The Hall–Kier alpha value is -2.84. The van der Waals surface area contributed by atoms with Crippen LogP contribution < -0.4 is 15.4 Å². The van der Waals surface area contributed by atoms with Gasteiger partial charge in [0, 0.05) is 24.2 Å². The lowest BCUT2D eigenvalue weighted by Crippen LogP contribution is -2.32. The summed E-state index contributed by atoms with van der Waals surface area (Å²) in [6.45, 7) is 2.14. The van der Waals surface area contributed by atoms with Crippen molar-refractivity contribution in [1.82, 2.24) is 15.6 Å². The molecule has 3 heterocycles. The molecule has 0 atom stereocenters. The summed E-state index contributed by atoms with van der Waals surface area (Å²) in [4.78, 5) is 33.9. The lowest BCUT2D eigenvalue weighted by atomic mass is 9.94. The van der Waals surface area contributed by atoms with E-state index >= 15 is 0 Å². The number of nitrogens with one attached hydrogen (secondary N) is 2. The van der Waals surface area contributed by atoms with E-state index in [-0.39, 0.29) is 36.3 Å². The van der Waals surface area contributed by atoms with Crippen molar-refractivity contribution < 1.29 is 18.7 Å². The van der Waals surface area contributed by atoms with Crippen molar-refractivity contribution >= 4 is 34.7 Å². The second kappa shape index (κ2) is 10.2. The van der Waals surface area contributed by atoms with Crippen molar-refractivity contribution in [1.29, 1.82) is 0 Å². The minimum absolute atomic E-state index is 0.0286. The molecule has 0 radical (unpaired) electrons. The van der Waals surface area contributed by atoms with Crippen LogP contribution in [0, 0.1) is 11.7 Å². The lowest BCUT2D eigenvalue weighted by Gasteiger charge is -2.22. The summed E-state index contributed by atoms with van der Waals surface area (Å²) in [5.41, 5.74) is 2.01. The van der Waals surface area contributed by atoms with Gasteiger partial charge in [0.1, 0.15) is 18.2 Å². The summed E-state index contributed by atoms with van der Waals surface area (Å²) in [6.07, 6.45) is 4.15. The van der Waals surface area contributed by atoms with Crippen LogP contribution in [-0.2, 0) is 11.3 Å². The molecule has 2 aromatic rings. The summed E-state index contributed by atoms with van der Waals surface area (Å²) in [7, 11) is 0. The van der Waals surface area contributed by atoms with E-state index in [1.54, 1.807) is 12.3 Å². The highest BCUT2D eigenvalue weighted by molar-refractivity contribution is 6.30. The molecule has 0 saturated carbocycles. The van der Waals surface area contributed by atoms with Gasteiger partial charge in [0.15, 0.2) is 5.78 Å². The minimum atomic E-state index is -0.531. The first kappa shape index (κ1) is 22.4. The maximum atomic E-state index is 13.3. The molecule has 9 heteroatoms. The summed E-state index contributed by atoms with van der Waals surface area (Å²) in [5, 5.41) is 6.16. The van der Waals surface area contributed by atoms with Crippen LogP contribution in [0.4, 0.5) is 10.1 Å². The number of carbonyl (C=O) groups excluding carboxylic acids is 2. The Morgan fingerprint density at radius 1 is 1.28 bits per heavy atom. The molecule has 2 aliphatic heterocycles. The second-order valence-corrected chi connectivity index (χ2v) is 8.38. The number of hydrogen-bond donors (Lipinski definition) is 2. The molecular weight excluding hydrogens is 435 g/mol. The number of aliphatic imine (C=N–C) groups is 1. The summed E-state index contributed by atoms with van der Waals surface area (Å²) >= 11 is 5.78. The Kier molecular flexibility index (Phi) is 7.12. The smallest absolute Gasteiger partial charge is 0.220 e. The Bertz CT molecular complexity index is 1050. The number of ether oxygens (including phenoxy) is 1. The predicted molar refractivity (Wildman–Crippen MR) is 119 cm³/mol. The molecule has 1 amide bonds. The molecular formula is C23H24ClFN4O3. The van der Waals surface area contributed by atoms with Crippen LogP contribution >= 0.6 is 11.6 Å². The maximum absolute atomic E-state index is 13.3. The fraction of sp³-hybridized carbons (Fsp3) is 0.391. The molecule has 2 N–H and O–H groups in total. The number of pyridine rings is 1. The van der Waals surface area contributed by atoms with Crippen LogP contribution in [0.1, 0.15) is 41.7 Å². The van der Waals surface area contributed by atoms with Gasteiger partial charge in [-0.25, -0.2) is 4.39 Å². The molecule has 0 bridgehead atoms. The standard InChI is InChI=1S/C23H24ClFN4O3/c24-18-11-16(1-2-19(18)25)32-13-15-10-21(30)17-5-8-27-20(23(17)29-15)12-28-22(31)9-14-3-6-26-7-4-14/h1-2,5,8,11,14,26H,3-4,6-7,9-10,12-13H2,(H,28,31). The van der Waals surface area contributed by atoms with E-state index in [0.717, 1.165) is 25.9 Å². The highest BCUT2D eigenvalue weighted by Gasteiger charge is 2.24. The van der Waals surface area contributed by atoms with E-state index in [1.165, 1.54) is 18.2 Å². The largest absolute Gasteiger partial charge is 0.488 e. The van der Waals surface area contributed by atoms with Gasteiger partial charge in [-0.2, -0.15) is 0 Å². The van der Waals surface area contributed by atoms with Crippen molar-refractivity contribution in [3.8, 4) is 5.75 Å². The number of hydrogen-bond acceptors (Lipinski definition) is 6. The molecule has 0 spiro atoms. The van der Waals surface area contributed by atoms with Crippen LogP contribution in [0.15, 0.2) is 35.5 Å². The maximum Gasteiger partial charge on any atom is 0.220 e. The number of piperidine rings is 1. The number of fused-ring (bicyclic) bond motifs is 1. The van der Waals surface area contributed by atoms with E-state index in [4.69, 9.17) is 16.3 Å². The number of Topliss-reactive ketones (excluding diaryl/α,β-unsaturated/α-hetero) is 1. The Balaban J connectivity index is 1.42. The fourth-order valence-electron chi connectivity index (χ4n) is 3.87. The Morgan fingerprint density at radius 2 is 2.09 bits per heavy atom. The van der Waals surface area contributed by atoms with Gasteiger partial charge in [0.05, 0.1) is 35.1 Å². The van der Waals surface area contributed by atoms with Crippen molar-refractivity contribution in [2.75, 3.05) is 19.7 Å². The molecule has 4 rings (SSSR count). The summed E-state index contributed by atoms with van der Waals surface area (Å²) in [5.74, 6) is 0.122. The molecule has 0 unspecified atom stereocenters. The van der Waals surface area contributed by atoms with Gasteiger partial charge in [-0.1, -0.05) is 11.6 Å². The zero-order chi connectivity index (χ0) is 22.5. The molecule has 1 fully saturated rings. The molecule has 7 nitrogen and oxygen atoms in total. The normalized spacial score (nSPS) is 16.3. The lowest BCUT2D eigenvalue weighted by molar-refractivity contribution is -0.122. The highest BCUT2D eigenvalue weighted by Crippen LogP contribution is 2.29. The number of benzene rings is 1. The fourth-order valence-corrected chi connectivity index (χ4v) is 4.04. The average molecular weight is 459 g/mol. The zero-order valence-electron chi connectivity index (χ0n) is 17.5. The van der Waals surface area contributed by atoms with E-state index < -0.39 is 5.82 Å². The number of rotatable bonds is 7. The molecule has 168 valence electrons. The van der Waals surface area contributed by atoms with E-state index in [0.29, 0.717) is 40.7 Å². The van der Waals surface area contributed by atoms with Gasteiger partial charge in [-0.3, -0.25) is 19.6 Å². The van der Waals surface area contributed by atoms with Crippen molar-refractivity contribution in [3.05, 3.63) is 52.6 Å². The van der Waals surface area contributed by atoms with Gasteiger partial charge < -0.3 is 15.4 Å². The first-order chi connectivity index (χ1) is 15.5. The van der Waals surface area contributed by atoms with Crippen LogP contribution in [0.25, 0.3) is 0 Å². The number of ketones is 1. The summed E-state index contributed by atoms with van der Waals surface area (Å²) in [6, 6.07) is 5.69. The monoisotopic (exact) mass is 458 g/mol. The third-order valence-corrected chi connectivity index (χ3v) is 5.91. The second-order valence-electron chi connectivity index (χ2n) is 7.97. The SMILES string of the molecule is O=C(CC1CCNCC1)NCc1nccc2c1N=C(COc1ccc(F)c(Cl)c1)CC2=O. The number of carbonyl (C=O) groups is 2. The number of aromatic nitrogens is 1. The highest BCUT2D eigenvalue weighted by atomic mass is 35.5. The number of amides is 1. The van der Waals surface area contributed by atoms with Gasteiger partial charge in [0.2, 0.25) is 5.91 Å². The molecule has 1 aromatic carbocycles. The van der Waals surface area contributed by atoms with Crippen molar-refractivity contribution in [2.24, 2.45) is 10.9 Å². The van der Waals surface area contributed by atoms with E-state index in [9.17, 15) is 14.0 Å². The first-order valence-electron chi connectivity index (χ1n) is 10.6. The van der Waals surface area contributed by atoms with Gasteiger partial charge in [-0.15, -0.1) is 0 Å². The van der Waals surface area contributed by atoms with Crippen LogP contribution in [-0.4, -0.2) is 42.1 Å². The Labute approximate surface area is 190 Å². The minimum Gasteiger partial charge on any atom is -0.488 e. The third kappa shape index (κ3) is 5.49. The zero-order valence-corrected chi connectivity index (χ0v) is 18.3. The topological polar surface area (TPSA) is 92.7 Å². The van der Waals surface area contributed by atoms with Crippen LogP contribution in [0.2, 0.25) is 5.02 Å².